The third-order valence-corrected chi connectivity index (χ3v) is 3.99. The molecule has 1 amide bonds. The quantitative estimate of drug-likeness (QED) is 0.708. The molecule has 2 rings (SSSR count). The maximum atomic E-state index is 12.1. The zero-order chi connectivity index (χ0) is 17.5. The Morgan fingerprint density at radius 2 is 1.92 bits per heavy atom. The summed E-state index contributed by atoms with van der Waals surface area (Å²) in [5.41, 5.74) is 1.75. The average Bonchev–Trinajstić information content (AvgIpc) is 2.55. The van der Waals surface area contributed by atoms with Gasteiger partial charge in [0.2, 0.25) is 5.91 Å². The van der Waals surface area contributed by atoms with Gasteiger partial charge in [-0.25, -0.2) is 0 Å². The number of hydrogen-bond donors (Lipinski definition) is 1. The van der Waals surface area contributed by atoms with Crippen molar-refractivity contribution in [3.63, 3.8) is 0 Å². The van der Waals surface area contributed by atoms with Gasteiger partial charge in [-0.05, 0) is 55.3 Å². The van der Waals surface area contributed by atoms with E-state index in [-0.39, 0.29) is 11.9 Å². The first kappa shape index (κ1) is 18.4. The van der Waals surface area contributed by atoms with Crippen LogP contribution in [0.5, 0.6) is 5.75 Å². The molecule has 2 aromatic carbocycles. The second-order valence-corrected chi connectivity index (χ2v) is 6.08. The molecule has 0 bridgehead atoms. The molecule has 0 aromatic heterocycles. The minimum atomic E-state index is -0.192. The van der Waals surface area contributed by atoms with Gasteiger partial charge in [0.15, 0.2) is 0 Å². The number of carbonyl (C=O) groups excluding carboxylic acids is 1. The summed E-state index contributed by atoms with van der Waals surface area (Å²) in [6.45, 7) is 4.50. The van der Waals surface area contributed by atoms with Gasteiger partial charge in [0.05, 0.1) is 12.6 Å². The van der Waals surface area contributed by atoms with E-state index in [1.807, 2.05) is 38.1 Å². The van der Waals surface area contributed by atoms with Gasteiger partial charge < -0.3 is 10.1 Å². The first-order chi connectivity index (χ1) is 11.5. The molecule has 0 heterocycles. The molecule has 0 aliphatic heterocycles. The van der Waals surface area contributed by atoms with Crippen LogP contribution in [0.2, 0.25) is 10.0 Å². The van der Waals surface area contributed by atoms with E-state index in [0.717, 1.165) is 16.9 Å². The molecule has 5 heteroatoms. The molecule has 2 aromatic rings. The number of carbonyl (C=O) groups is 1. The number of hydrogen-bond acceptors (Lipinski definition) is 2. The summed E-state index contributed by atoms with van der Waals surface area (Å²) in [5.74, 6) is 0.624. The molecule has 126 valence electrons. The van der Waals surface area contributed by atoms with E-state index in [2.05, 4.69) is 5.32 Å². The number of nitrogens with one attached hydrogen (secondary N) is 1. The lowest BCUT2D eigenvalue weighted by Gasteiger charge is -2.13. The molecule has 1 N–H and O–H groups in total. The van der Waals surface area contributed by atoms with E-state index in [1.54, 1.807) is 24.3 Å². The zero-order valence-corrected chi connectivity index (χ0v) is 15.1. The van der Waals surface area contributed by atoms with Crippen molar-refractivity contribution in [2.75, 3.05) is 6.61 Å². The smallest absolute Gasteiger partial charge is 0.244 e. The maximum Gasteiger partial charge on any atom is 0.244 e. The minimum Gasteiger partial charge on any atom is -0.494 e. The lowest BCUT2D eigenvalue weighted by Crippen LogP contribution is -2.24. The normalized spacial score (nSPS) is 12.2. The van der Waals surface area contributed by atoms with Crippen molar-refractivity contribution in [2.24, 2.45) is 0 Å². The van der Waals surface area contributed by atoms with E-state index >= 15 is 0 Å². The molecule has 0 unspecified atom stereocenters. The lowest BCUT2D eigenvalue weighted by atomic mass is 10.1. The van der Waals surface area contributed by atoms with E-state index in [0.29, 0.717) is 16.7 Å². The van der Waals surface area contributed by atoms with Crippen molar-refractivity contribution >= 4 is 35.2 Å². The number of amides is 1. The highest BCUT2D eigenvalue weighted by Gasteiger charge is 2.08. The van der Waals surface area contributed by atoms with Crippen LogP contribution < -0.4 is 10.1 Å². The molecule has 0 spiro atoms. The highest BCUT2D eigenvalue weighted by atomic mass is 35.5. The number of halogens is 2. The Balaban J connectivity index is 1.96. The van der Waals surface area contributed by atoms with Crippen LogP contribution in [0.3, 0.4) is 0 Å². The van der Waals surface area contributed by atoms with E-state index < -0.39 is 0 Å². The number of rotatable bonds is 6. The molecule has 0 fully saturated rings. The second-order valence-electron chi connectivity index (χ2n) is 5.23. The molecule has 1 atom stereocenters. The van der Waals surface area contributed by atoms with Crippen molar-refractivity contribution < 1.29 is 9.53 Å². The van der Waals surface area contributed by atoms with Gasteiger partial charge in [-0.1, -0.05) is 41.4 Å². The SMILES string of the molecule is CCOc1ccc([C@@H](C)NC(=O)/C=C/c2ccc(Cl)cc2Cl)cc1. The highest BCUT2D eigenvalue weighted by Crippen LogP contribution is 2.22. The monoisotopic (exact) mass is 363 g/mol. The molecule has 0 saturated carbocycles. The van der Waals surface area contributed by atoms with Crippen molar-refractivity contribution in [3.05, 3.63) is 69.7 Å². The Kier molecular flexibility index (Phi) is 6.71. The topological polar surface area (TPSA) is 38.3 Å². The van der Waals surface area contributed by atoms with Gasteiger partial charge in [-0.3, -0.25) is 4.79 Å². The van der Waals surface area contributed by atoms with Crippen molar-refractivity contribution in [1.29, 1.82) is 0 Å². The fourth-order valence-electron chi connectivity index (χ4n) is 2.17. The van der Waals surface area contributed by atoms with E-state index in [9.17, 15) is 4.79 Å². The van der Waals surface area contributed by atoms with Gasteiger partial charge in [-0.15, -0.1) is 0 Å². The summed E-state index contributed by atoms with van der Waals surface area (Å²) in [5, 5.41) is 3.98. The summed E-state index contributed by atoms with van der Waals surface area (Å²) in [7, 11) is 0. The summed E-state index contributed by atoms with van der Waals surface area (Å²) in [4.78, 5) is 12.1. The Morgan fingerprint density at radius 1 is 1.21 bits per heavy atom. The molecule has 0 radical (unpaired) electrons. The van der Waals surface area contributed by atoms with Crippen LogP contribution in [0, 0.1) is 0 Å². The Morgan fingerprint density at radius 3 is 2.54 bits per heavy atom. The summed E-state index contributed by atoms with van der Waals surface area (Å²) < 4.78 is 5.41. The van der Waals surface area contributed by atoms with Gasteiger partial charge in [0, 0.05) is 16.1 Å². The Hall–Kier alpha value is -1.97. The van der Waals surface area contributed by atoms with Crippen LogP contribution in [-0.4, -0.2) is 12.5 Å². The fourth-order valence-corrected chi connectivity index (χ4v) is 2.64. The predicted molar refractivity (Wildman–Crippen MR) is 99.7 cm³/mol. The Labute approximate surface area is 152 Å². The fraction of sp³-hybridized carbons (Fsp3) is 0.211. The number of ether oxygens (including phenoxy) is 1. The first-order valence-corrected chi connectivity index (χ1v) is 8.41. The van der Waals surface area contributed by atoms with Crippen LogP contribution in [-0.2, 0) is 4.79 Å². The van der Waals surface area contributed by atoms with Gasteiger partial charge in [-0.2, -0.15) is 0 Å². The predicted octanol–water partition coefficient (Wildman–Crippen LogP) is 5.28. The third-order valence-electron chi connectivity index (χ3n) is 3.43. The second kappa shape index (κ2) is 8.76. The zero-order valence-electron chi connectivity index (χ0n) is 13.6. The van der Waals surface area contributed by atoms with Crippen LogP contribution in [0.4, 0.5) is 0 Å². The summed E-state index contributed by atoms with van der Waals surface area (Å²) >= 11 is 11.9. The van der Waals surface area contributed by atoms with E-state index in [1.165, 1.54) is 6.08 Å². The van der Waals surface area contributed by atoms with Gasteiger partial charge >= 0.3 is 0 Å². The lowest BCUT2D eigenvalue weighted by molar-refractivity contribution is -0.117. The van der Waals surface area contributed by atoms with Crippen molar-refractivity contribution in [2.45, 2.75) is 19.9 Å². The number of benzene rings is 2. The highest BCUT2D eigenvalue weighted by molar-refractivity contribution is 6.35. The summed E-state index contributed by atoms with van der Waals surface area (Å²) in [6.07, 6.45) is 3.12. The molecule has 0 saturated heterocycles. The standard InChI is InChI=1S/C19H19Cl2NO2/c1-3-24-17-9-5-14(6-10-17)13(2)22-19(23)11-7-15-4-8-16(20)12-18(15)21/h4-13H,3H2,1-2H3,(H,22,23)/b11-7+/t13-/m1/s1. The van der Waals surface area contributed by atoms with Crippen molar-refractivity contribution in [1.82, 2.24) is 5.32 Å². The minimum absolute atomic E-state index is 0.112. The van der Waals surface area contributed by atoms with Crippen LogP contribution in [0.15, 0.2) is 48.5 Å². The van der Waals surface area contributed by atoms with Gasteiger partial charge in [0.1, 0.15) is 5.75 Å². The van der Waals surface area contributed by atoms with Crippen LogP contribution in [0.1, 0.15) is 31.0 Å². The van der Waals surface area contributed by atoms with Crippen LogP contribution in [0.25, 0.3) is 6.08 Å². The van der Waals surface area contributed by atoms with Gasteiger partial charge in [0.25, 0.3) is 0 Å². The third kappa shape index (κ3) is 5.29. The molecule has 3 nitrogen and oxygen atoms in total. The molecular formula is C19H19Cl2NO2. The Bertz CT molecular complexity index is 727. The maximum absolute atomic E-state index is 12.1. The van der Waals surface area contributed by atoms with Crippen LogP contribution >= 0.6 is 23.2 Å². The molecular weight excluding hydrogens is 345 g/mol. The van der Waals surface area contributed by atoms with Crippen molar-refractivity contribution in [3.8, 4) is 5.75 Å². The largest absolute Gasteiger partial charge is 0.494 e. The average molecular weight is 364 g/mol. The molecule has 0 aliphatic carbocycles. The molecule has 0 aliphatic rings. The summed E-state index contributed by atoms with van der Waals surface area (Å²) in [6, 6.07) is 12.7. The van der Waals surface area contributed by atoms with E-state index in [4.69, 9.17) is 27.9 Å². The molecule has 24 heavy (non-hydrogen) atoms. The first-order valence-electron chi connectivity index (χ1n) is 7.66.